The molecule has 6 nitrogen and oxygen atoms in total. The maximum atomic E-state index is 12.1. The molecule has 2 heterocycles. The average molecular weight is 274 g/mol. The van der Waals surface area contributed by atoms with Gasteiger partial charge in [-0.25, -0.2) is 8.42 Å². The SMILES string of the molecule is CC1(C)CC(CS(=O)(=O)C2=NOC(C)(C)C2)=NO1. The summed E-state index contributed by atoms with van der Waals surface area (Å²) in [6, 6.07) is 0. The lowest BCUT2D eigenvalue weighted by atomic mass is 10.0. The van der Waals surface area contributed by atoms with Crippen molar-refractivity contribution in [2.24, 2.45) is 10.3 Å². The zero-order valence-electron chi connectivity index (χ0n) is 11.1. The first-order valence-corrected chi connectivity index (χ1v) is 7.47. The van der Waals surface area contributed by atoms with Crippen molar-refractivity contribution in [3.8, 4) is 0 Å². The van der Waals surface area contributed by atoms with Gasteiger partial charge in [-0.2, -0.15) is 0 Å². The minimum absolute atomic E-state index is 0.0971. The van der Waals surface area contributed by atoms with Crippen LogP contribution in [0.1, 0.15) is 40.5 Å². The van der Waals surface area contributed by atoms with Crippen molar-refractivity contribution in [1.82, 2.24) is 0 Å². The maximum absolute atomic E-state index is 12.1. The molecule has 0 spiro atoms. The van der Waals surface area contributed by atoms with Crippen LogP contribution in [0.4, 0.5) is 0 Å². The monoisotopic (exact) mass is 274 g/mol. The summed E-state index contributed by atoms with van der Waals surface area (Å²) in [7, 11) is -3.45. The Labute approximate surface area is 107 Å². The lowest BCUT2D eigenvalue weighted by molar-refractivity contribution is 0.0120. The second-order valence-electron chi connectivity index (χ2n) is 5.96. The largest absolute Gasteiger partial charge is 0.389 e. The molecule has 0 aliphatic carbocycles. The number of nitrogens with zero attached hydrogens (tertiary/aromatic N) is 2. The molecule has 0 unspecified atom stereocenters. The van der Waals surface area contributed by atoms with Crippen LogP contribution in [0.2, 0.25) is 0 Å². The van der Waals surface area contributed by atoms with E-state index < -0.39 is 21.0 Å². The highest BCUT2D eigenvalue weighted by Crippen LogP contribution is 2.27. The van der Waals surface area contributed by atoms with Gasteiger partial charge in [0, 0.05) is 12.8 Å². The molecule has 0 bridgehead atoms. The molecule has 0 radical (unpaired) electrons. The maximum Gasteiger partial charge on any atom is 0.200 e. The Hall–Kier alpha value is -1.11. The zero-order valence-corrected chi connectivity index (χ0v) is 11.9. The van der Waals surface area contributed by atoms with Gasteiger partial charge >= 0.3 is 0 Å². The molecule has 0 atom stereocenters. The fourth-order valence-corrected chi connectivity index (χ4v) is 3.37. The lowest BCUT2D eigenvalue weighted by Gasteiger charge is -2.13. The van der Waals surface area contributed by atoms with Gasteiger partial charge in [-0.05, 0) is 27.7 Å². The molecule has 0 N–H and O–H groups in total. The normalized spacial score (nSPS) is 25.1. The average Bonchev–Trinajstić information content (AvgIpc) is 2.69. The summed E-state index contributed by atoms with van der Waals surface area (Å²) in [6.07, 6.45) is 0.816. The molecule has 0 aromatic carbocycles. The molecule has 0 fully saturated rings. The standard InChI is InChI=1S/C11H18N2O4S/c1-10(2)5-8(12-16-10)7-18(14,15)9-6-11(3,4)17-13-9/h5-7H2,1-4H3. The van der Waals surface area contributed by atoms with Crippen LogP contribution in [0, 0.1) is 0 Å². The fraction of sp³-hybridized carbons (Fsp3) is 0.818. The topological polar surface area (TPSA) is 77.3 Å². The Kier molecular flexibility index (Phi) is 2.92. The van der Waals surface area contributed by atoms with Crippen molar-refractivity contribution >= 4 is 20.6 Å². The van der Waals surface area contributed by atoms with Crippen LogP contribution in [0.25, 0.3) is 0 Å². The number of rotatable bonds is 2. The predicted octanol–water partition coefficient (Wildman–Crippen LogP) is 1.47. The van der Waals surface area contributed by atoms with Crippen LogP contribution < -0.4 is 0 Å². The highest BCUT2D eigenvalue weighted by molar-refractivity contribution is 8.07. The van der Waals surface area contributed by atoms with Crippen LogP contribution in [-0.2, 0) is 19.5 Å². The van der Waals surface area contributed by atoms with E-state index in [0.29, 0.717) is 18.6 Å². The summed E-state index contributed by atoms with van der Waals surface area (Å²) in [4.78, 5) is 10.2. The third kappa shape index (κ3) is 2.82. The van der Waals surface area contributed by atoms with E-state index in [-0.39, 0.29) is 10.8 Å². The van der Waals surface area contributed by atoms with E-state index in [1.165, 1.54) is 0 Å². The second kappa shape index (κ2) is 3.94. The highest BCUT2D eigenvalue weighted by atomic mass is 32.2. The Morgan fingerprint density at radius 1 is 1.06 bits per heavy atom. The minimum atomic E-state index is -3.45. The summed E-state index contributed by atoms with van der Waals surface area (Å²) < 4.78 is 24.3. The molecule has 102 valence electrons. The van der Waals surface area contributed by atoms with Gasteiger partial charge in [0.25, 0.3) is 0 Å². The van der Waals surface area contributed by atoms with E-state index in [2.05, 4.69) is 10.3 Å². The van der Waals surface area contributed by atoms with Gasteiger partial charge in [-0.1, -0.05) is 10.3 Å². The van der Waals surface area contributed by atoms with Crippen LogP contribution in [0.3, 0.4) is 0 Å². The molecule has 0 saturated heterocycles. The van der Waals surface area contributed by atoms with Crippen molar-refractivity contribution in [1.29, 1.82) is 0 Å². The van der Waals surface area contributed by atoms with E-state index in [1.54, 1.807) is 13.8 Å². The highest BCUT2D eigenvalue weighted by Gasteiger charge is 2.38. The minimum Gasteiger partial charge on any atom is -0.389 e. The summed E-state index contributed by atoms with van der Waals surface area (Å²) in [5, 5.41) is 7.59. The molecule has 0 aromatic rings. The Morgan fingerprint density at radius 3 is 2.06 bits per heavy atom. The van der Waals surface area contributed by atoms with Crippen molar-refractivity contribution in [3.63, 3.8) is 0 Å². The molecule has 2 aliphatic rings. The van der Waals surface area contributed by atoms with Crippen LogP contribution in [0.5, 0.6) is 0 Å². The zero-order chi connectivity index (χ0) is 13.6. The number of hydrogen-bond donors (Lipinski definition) is 0. The molecular weight excluding hydrogens is 256 g/mol. The van der Waals surface area contributed by atoms with Gasteiger partial charge in [0.2, 0.25) is 9.84 Å². The summed E-state index contributed by atoms with van der Waals surface area (Å²) >= 11 is 0. The van der Waals surface area contributed by atoms with Crippen LogP contribution in [-0.4, -0.2) is 36.1 Å². The molecule has 2 rings (SSSR count). The van der Waals surface area contributed by atoms with E-state index >= 15 is 0 Å². The van der Waals surface area contributed by atoms with Crippen molar-refractivity contribution < 1.29 is 18.1 Å². The van der Waals surface area contributed by atoms with Gasteiger partial charge < -0.3 is 9.68 Å². The first kappa shape index (κ1) is 13.3. The van der Waals surface area contributed by atoms with Gasteiger partial charge in [-0.15, -0.1) is 0 Å². The third-order valence-electron chi connectivity index (χ3n) is 2.74. The lowest BCUT2D eigenvalue weighted by Crippen LogP contribution is -2.28. The number of sulfone groups is 1. The quantitative estimate of drug-likeness (QED) is 0.764. The van der Waals surface area contributed by atoms with Crippen LogP contribution in [0.15, 0.2) is 10.3 Å². The van der Waals surface area contributed by atoms with Crippen LogP contribution >= 0.6 is 0 Å². The van der Waals surface area contributed by atoms with Gasteiger partial charge in [0.15, 0.2) is 5.04 Å². The van der Waals surface area contributed by atoms with E-state index in [1.807, 2.05) is 13.8 Å². The summed E-state index contributed by atoms with van der Waals surface area (Å²) in [6.45, 7) is 7.35. The molecule has 2 aliphatic heterocycles. The Balaban J connectivity index is 2.06. The smallest absolute Gasteiger partial charge is 0.200 e. The summed E-state index contributed by atoms with van der Waals surface area (Å²) in [5.74, 6) is -0.144. The fourth-order valence-electron chi connectivity index (χ4n) is 1.89. The van der Waals surface area contributed by atoms with Crippen molar-refractivity contribution in [2.45, 2.75) is 51.7 Å². The molecule has 0 amide bonds. The van der Waals surface area contributed by atoms with Gasteiger partial charge in [0.1, 0.15) is 11.2 Å². The molecule has 0 aromatic heterocycles. The third-order valence-corrected chi connectivity index (χ3v) is 4.39. The molecule has 0 saturated carbocycles. The van der Waals surface area contributed by atoms with Crippen molar-refractivity contribution in [3.05, 3.63) is 0 Å². The van der Waals surface area contributed by atoms with E-state index in [0.717, 1.165) is 0 Å². The first-order valence-electron chi connectivity index (χ1n) is 5.81. The summed E-state index contributed by atoms with van der Waals surface area (Å²) in [5.41, 5.74) is -0.430. The molecule has 18 heavy (non-hydrogen) atoms. The van der Waals surface area contributed by atoms with Gasteiger partial charge in [0.05, 0.1) is 11.5 Å². The molecular formula is C11H18N2O4S. The first-order chi connectivity index (χ1) is 8.10. The molecule has 7 heteroatoms. The Bertz CT molecular complexity index is 517. The second-order valence-corrected chi connectivity index (χ2v) is 7.95. The van der Waals surface area contributed by atoms with Crippen molar-refractivity contribution in [2.75, 3.05) is 5.75 Å². The van der Waals surface area contributed by atoms with E-state index in [9.17, 15) is 8.42 Å². The number of oxime groups is 2. The van der Waals surface area contributed by atoms with Gasteiger partial charge in [-0.3, -0.25) is 0 Å². The Morgan fingerprint density at radius 2 is 1.61 bits per heavy atom. The predicted molar refractivity (Wildman–Crippen MR) is 68.2 cm³/mol. The van der Waals surface area contributed by atoms with E-state index in [4.69, 9.17) is 9.68 Å². The number of hydrogen-bond acceptors (Lipinski definition) is 6.